The van der Waals surface area contributed by atoms with Crippen molar-refractivity contribution >= 4 is 17.1 Å². The monoisotopic (exact) mass is 413 g/mol. The van der Waals surface area contributed by atoms with Gasteiger partial charge in [0.2, 0.25) is 0 Å². The molecule has 3 aromatic carbocycles. The highest BCUT2D eigenvalue weighted by molar-refractivity contribution is 6.01. The van der Waals surface area contributed by atoms with E-state index in [0.717, 1.165) is 23.4 Å². The zero-order valence-electron chi connectivity index (χ0n) is 18.1. The lowest BCUT2D eigenvalue weighted by molar-refractivity contribution is 0.354. The molecule has 0 saturated heterocycles. The molecule has 1 aromatic heterocycles. The number of hydrazone groups is 1. The van der Waals surface area contributed by atoms with E-state index in [1.807, 2.05) is 30.5 Å². The molecule has 5 nitrogen and oxygen atoms in total. The van der Waals surface area contributed by atoms with Gasteiger partial charge in [0.15, 0.2) is 11.5 Å². The zero-order chi connectivity index (χ0) is 21.6. The van der Waals surface area contributed by atoms with Crippen LogP contribution in [0.4, 0.5) is 0 Å². The summed E-state index contributed by atoms with van der Waals surface area (Å²) in [6.45, 7) is 3.58. The van der Waals surface area contributed by atoms with E-state index in [1.54, 1.807) is 14.2 Å². The first kappa shape index (κ1) is 20.5. The van der Waals surface area contributed by atoms with Gasteiger partial charge >= 0.3 is 0 Å². The number of hydrogen-bond acceptors (Lipinski definition) is 4. The van der Waals surface area contributed by atoms with Crippen molar-refractivity contribution in [2.75, 3.05) is 14.2 Å². The summed E-state index contributed by atoms with van der Waals surface area (Å²) < 4.78 is 13.0. The molecule has 0 atom stereocenters. The third-order valence-corrected chi connectivity index (χ3v) is 5.48. The SMILES string of the molecule is COc1ccc(CN/N=C/c2c(C)n(Cc3ccccc3)c3ccccc23)cc1OC. The van der Waals surface area contributed by atoms with E-state index < -0.39 is 0 Å². The molecule has 0 amide bonds. The molecule has 0 aliphatic carbocycles. The van der Waals surface area contributed by atoms with Gasteiger partial charge in [0, 0.05) is 28.7 Å². The quantitative estimate of drug-likeness (QED) is 0.321. The number of ether oxygens (including phenoxy) is 2. The van der Waals surface area contributed by atoms with Gasteiger partial charge in [-0.05, 0) is 36.2 Å². The van der Waals surface area contributed by atoms with Gasteiger partial charge in [-0.3, -0.25) is 0 Å². The largest absolute Gasteiger partial charge is 0.493 e. The number of hydrogen-bond donors (Lipinski definition) is 1. The lowest BCUT2D eigenvalue weighted by Crippen LogP contribution is -2.06. The van der Waals surface area contributed by atoms with Crippen molar-refractivity contribution in [1.82, 2.24) is 9.99 Å². The van der Waals surface area contributed by atoms with Crippen LogP contribution in [-0.2, 0) is 13.1 Å². The first-order chi connectivity index (χ1) is 15.2. The fourth-order valence-corrected chi connectivity index (χ4v) is 3.83. The molecule has 1 N–H and O–H groups in total. The van der Waals surface area contributed by atoms with Gasteiger partial charge in [0.05, 0.1) is 27.0 Å². The summed E-state index contributed by atoms with van der Waals surface area (Å²) in [5.74, 6) is 1.43. The van der Waals surface area contributed by atoms with E-state index in [4.69, 9.17) is 9.47 Å². The van der Waals surface area contributed by atoms with E-state index in [9.17, 15) is 0 Å². The van der Waals surface area contributed by atoms with Gasteiger partial charge in [-0.15, -0.1) is 0 Å². The van der Waals surface area contributed by atoms with Crippen molar-refractivity contribution in [3.63, 3.8) is 0 Å². The van der Waals surface area contributed by atoms with E-state index in [2.05, 4.69) is 70.5 Å². The summed E-state index contributed by atoms with van der Waals surface area (Å²) in [5.41, 5.74) is 9.04. The summed E-state index contributed by atoms with van der Waals surface area (Å²) in [6.07, 6.45) is 1.92. The van der Waals surface area contributed by atoms with Crippen molar-refractivity contribution in [3.8, 4) is 11.5 Å². The van der Waals surface area contributed by atoms with Crippen LogP contribution in [0.2, 0.25) is 0 Å². The Morgan fingerprint density at radius 3 is 2.39 bits per heavy atom. The van der Waals surface area contributed by atoms with Gasteiger partial charge in [0.1, 0.15) is 0 Å². The molecule has 0 unspecified atom stereocenters. The number of rotatable bonds is 8. The highest BCUT2D eigenvalue weighted by Gasteiger charge is 2.12. The second-order valence-electron chi connectivity index (χ2n) is 7.37. The summed E-state index contributed by atoms with van der Waals surface area (Å²) in [5, 5.41) is 5.71. The number of nitrogens with one attached hydrogen (secondary N) is 1. The van der Waals surface area contributed by atoms with Gasteiger partial charge in [-0.25, -0.2) is 0 Å². The summed E-state index contributed by atoms with van der Waals surface area (Å²) in [7, 11) is 3.28. The molecule has 0 aliphatic rings. The lowest BCUT2D eigenvalue weighted by Gasteiger charge is -2.09. The van der Waals surface area contributed by atoms with Crippen LogP contribution in [0.3, 0.4) is 0 Å². The predicted octanol–water partition coefficient (Wildman–Crippen LogP) is 5.14. The van der Waals surface area contributed by atoms with Gasteiger partial charge in [-0.2, -0.15) is 5.10 Å². The molecule has 0 aliphatic heterocycles. The molecule has 0 bridgehead atoms. The predicted molar refractivity (Wildman–Crippen MR) is 126 cm³/mol. The average molecular weight is 414 g/mol. The molecule has 0 saturated carbocycles. The highest BCUT2D eigenvalue weighted by Crippen LogP contribution is 2.28. The van der Waals surface area contributed by atoms with E-state index >= 15 is 0 Å². The average Bonchev–Trinajstić information content (AvgIpc) is 3.08. The van der Waals surface area contributed by atoms with Crippen molar-refractivity contribution < 1.29 is 9.47 Å². The van der Waals surface area contributed by atoms with E-state index in [0.29, 0.717) is 12.3 Å². The van der Waals surface area contributed by atoms with Crippen molar-refractivity contribution in [3.05, 3.63) is 95.2 Å². The third-order valence-electron chi connectivity index (χ3n) is 5.48. The zero-order valence-corrected chi connectivity index (χ0v) is 18.1. The minimum absolute atomic E-state index is 0.596. The topological polar surface area (TPSA) is 47.8 Å². The number of benzene rings is 3. The van der Waals surface area contributed by atoms with Crippen LogP contribution < -0.4 is 14.9 Å². The molecular formula is C26H27N3O2. The maximum Gasteiger partial charge on any atom is 0.161 e. The number of methoxy groups -OCH3 is 2. The first-order valence-electron chi connectivity index (χ1n) is 10.3. The fraction of sp³-hybridized carbons (Fsp3) is 0.192. The molecule has 158 valence electrons. The van der Waals surface area contributed by atoms with Crippen LogP contribution in [0.15, 0.2) is 77.9 Å². The van der Waals surface area contributed by atoms with Gasteiger partial charge in [-0.1, -0.05) is 54.6 Å². The number of nitrogens with zero attached hydrogens (tertiary/aromatic N) is 2. The molecule has 0 radical (unpaired) electrons. The Hall–Kier alpha value is -3.73. The van der Waals surface area contributed by atoms with Gasteiger partial charge < -0.3 is 19.5 Å². The summed E-state index contributed by atoms with van der Waals surface area (Å²) in [6, 6.07) is 24.9. The van der Waals surface area contributed by atoms with Crippen LogP contribution in [0.25, 0.3) is 10.9 Å². The Balaban J connectivity index is 1.54. The first-order valence-corrected chi connectivity index (χ1v) is 10.3. The molecule has 5 heteroatoms. The Bertz CT molecular complexity index is 1200. The number of para-hydroxylation sites is 1. The standard InChI is InChI=1S/C26H27N3O2/c1-19-23(17-28-27-16-21-13-14-25(30-2)26(15-21)31-3)22-11-7-8-12-24(22)29(19)18-20-9-5-4-6-10-20/h4-15,17,27H,16,18H2,1-3H3/b28-17+. The Labute approximate surface area is 182 Å². The van der Waals surface area contributed by atoms with Crippen molar-refractivity contribution in [2.45, 2.75) is 20.0 Å². The second-order valence-corrected chi connectivity index (χ2v) is 7.37. The molecule has 0 fully saturated rings. The van der Waals surface area contributed by atoms with Gasteiger partial charge in [0.25, 0.3) is 0 Å². The highest BCUT2D eigenvalue weighted by atomic mass is 16.5. The second kappa shape index (κ2) is 9.39. The third kappa shape index (κ3) is 4.40. The van der Waals surface area contributed by atoms with Crippen LogP contribution in [-0.4, -0.2) is 25.0 Å². The van der Waals surface area contributed by atoms with Crippen LogP contribution in [0.5, 0.6) is 11.5 Å². The van der Waals surface area contributed by atoms with Crippen LogP contribution in [0, 0.1) is 6.92 Å². The molecule has 4 aromatic rings. The summed E-state index contributed by atoms with van der Waals surface area (Å²) >= 11 is 0. The van der Waals surface area contributed by atoms with Crippen molar-refractivity contribution in [2.24, 2.45) is 5.10 Å². The minimum atomic E-state index is 0.596. The molecule has 0 spiro atoms. The summed E-state index contributed by atoms with van der Waals surface area (Å²) in [4.78, 5) is 0. The molecule has 4 rings (SSSR count). The number of fused-ring (bicyclic) bond motifs is 1. The Morgan fingerprint density at radius 1 is 0.871 bits per heavy atom. The Morgan fingerprint density at radius 2 is 1.61 bits per heavy atom. The van der Waals surface area contributed by atoms with Crippen molar-refractivity contribution in [1.29, 1.82) is 0 Å². The minimum Gasteiger partial charge on any atom is -0.493 e. The normalized spacial score (nSPS) is 11.2. The van der Waals surface area contributed by atoms with Crippen LogP contribution in [0.1, 0.15) is 22.4 Å². The van der Waals surface area contributed by atoms with E-state index in [1.165, 1.54) is 22.2 Å². The Kier molecular flexibility index (Phi) is 6.22. The number of aromatic nitrogens is 1. The maximum absolute atomic E-state index is 5.37. The lowest BCUT2D eigenvalue weighted by atomic mass is 10.1. The van der Waals surface area contributed by atoms with E-state index in [-0.39, 0.29) is 0 Å². The smallest absolute Gasteiger partial charge is 0.161 e. The molecule has 31 heavy (non-hydrogen) atoms. The maximum atomic E-state index is 5.37. The fourth-order valence-electron chi connectivity index (χ4n) is 3.83. The molecular weight excluding hydrogens is 386 g/mol. The molecule has 1 heterocycles. The van der Waals surface area contributed by atoms with Crippen LogP contribution >= 0.6 is 0 Å².